The molecule has 0 saturated heterocycles. The fraction of sp³-hybridized carbons (Fsp3) is 0.357. The van der Waals surface area contributed by atoms with Crippen molar-refractivity contribution in [2.75, 3.05) is 0 Å². The molecule has 0 aliphatic rings. The van der Waals surface area contributed by atoms with Crippen molar-refractivity contribution in [1.82, 2.24) is 9.55 Å². The summed E-state index contributed by atoms with van der Waals surface area (Å²) in [4.78, 5) is 26.8. The number of carbonyl (C=O) groups is 2. The number of aryl methyl sites for hydroxylation is 1. The van der Waals surface area contributed by atoms with Crippen LogP contribution in [0.5, 0.6) is 0 Å². The molecule has 0 bridgehead atoms. The lowest BCUT2D eigenvalue weighted by Gasteiger charge is -2.22. The summed E-state index contributed by atoms with van der Waals surface area (Å²) in [6.45, 7) is 5.76. The van der Waals surface area contributed by atoms with Gasteiger partial charge in [-0.1, -0.05) is 0 Å². The van der Waals surface area contributed by atoms with Gasteiger partial charge in [0, 0.05) is 6.54 Å². The molecule has 1 aromatic heterocycles. The quantitative estimate of drug-likeness (QED) is 0.884. The molecule has 106 valence electrons. The van der Waals surface area contributed by atoms with E-state index in [1.54, 1.807) is 19.9 Å². The zero-order valence-corrected chi connectivity index (χ0v) is 11.7. The van der Waals surface area contributed by atoms with Gasteiger partial charge in [-0.2, -0.15) is 0 Å². The van der Waals surface area contributed by atoms with Gasteiger partial charge in [-0.3, -0.25) is 4.79 Å². The predicted molar refractivity (Wildman–Crippen MR) is 74.4 cm³/mol. The number of aromatic carboxylic acids is 1. The van der Waals surface area contributed by atoms with Crippen LogP contribution >= 0.6 is 0 Å². The van der Waals surface area contributed by atoms with E-state index in [-0.39, 0.29) is 11.5 Å². The molecule has 0 aliphatic heterocycles. The fourth-order valence-corrected chi connectivity index (χ4v) is 2.06. The van der Waals surface area contributed by atoms with E-state index in [1.807, 2.05) is 11.5 Å². The summed E-state index contributed by atoms with van der Waals surface area (Å²) in [6.07, 6.45) is 0. The van der Waals surface area contributed by atoms with Crippen LogP contribution in [0.2, 0.25) is 0 Å². The van der Waals surface area contributed by atoms with Crippen molar-refractivity contribution < 1.29 is 14.7 Å². The average molecular weight is 275 g/mol. The van der Waals surface area contributed by atoms with E-state index < -0.39 is 11.4 Å². The van der Waals surface area contributed by atoms with E-state index >= 15 is 0 Å². The molecule has 1 aromatic carbocycles. The minimum atomic E-state index is -0.989. The number of carboxylic acids is 1. The Morgan fingerprint density at radius 1 is 1.40 bits per heavy atom. The smallest absolute Gasteiger partial charge is 0.335 e. The molecule has 0 aliphatic carbocycles. The number of primary amides is 1. The highest BCUT2D eigenvalue weighted by molar-refractivity contribution is 5.92. The van der Waals surface area contributed by atoms with E-state index in [9.17, 15) is 9.59 Å². The minimum Gasteiger partial charge on any atom is -0.478 e. The Kier molecular flexibility index (Phi) is 3.25. The summed E-state index contributed by atoms with van der Waals surface area (Å²) in [5.41, 5.74) is 6.27. The number of nitrogens with zero attached hydrogens (tertiary/aromatic N) is 2. The minimum absolute atomic E-state index is 0.191. The molecule has 1 heterocycles. The first-order chi connectivity index (χ1) is 9.22. The molecule has 0 atom stereocenters. The Morgan fingerprint density at radius 2 is 2.05 bits per heavy atom. The first-order valence-electron chi connectivity index (χ1n) is 6.22. The number of carboxylic acid groups (broad SMARTS) is 1. The van der Waals surface area contributed by atoms with Gasteiger partial charge >= 0.3 is 5.97 Å². The number of hydrogen-bond donors (Lipinski definition) is 2. The van der Waals surface area contributed by atoms with E-state index in [0.717, 1.165) is 11.3 Å². The number of carbonyl (C=O) groups excluding carboxylic acids is 1. The van der Waals surface area contributed by atoms with Crippen molar-refractivity contribution in [2.45, 2.75) is 27.3 Å². The molecule has 6 heteroatoms. The second-order valence-electron chi connectivity index (χ2n) is 5.50. The van der Waals surface area contributed by atoms with Gasteiger partial charge < -0.3 is 15.4 Å². The van der Waals surface area contributed by atoms with E-state index in [2.05, 4.69) is 4.98 Å². The highest BCUT2D eigenvalue weighted by atomic mass is 16.4. The van der Waals surface area contributed by atoms with Crippen LogP contribution in [-0.4, -0.2) is 26.5 Å². The van der Waals surface area contributed by atoms with Crippen molar-refractivity contribution in [1.29, 1.82) is 0 Å². The fourth-order valence-electron chi connectivity index (χ4n) is 2.06. The number of rotatable bonds is 4. The number of aromatic nitrogens is 2. The van der Waals surface area contributed by atoms with Crippen LogP contribution in [-0.2, 0) is 11.3 Å². The Hall–Kier alpha value is -2.37. The maximum absolute atomic E-state index is 11.4. The third kappa shape index (κ3) is 2.36. The molecule has 1 amide bonds. The molecule has 6 nitrogen and oxygen atoms in total. The van der Waals surface area contributed by atoms with Crippen LogP contribution in [0.3, 0.4) is 0 Å². The summed E-state index contributed by atoms with van der Waals surface area (Å²) in [6, 6.07) is 4.76. The van der Waals surface area contributed by atoms with Gasteiger partial charge in [0.2, 0.25) is 5.91 Å². The van der Waals surface area contributed by atoms with Crippen molar-refractivity contribution >= 4 is 22.9 Å². The molecular formula is C14H17N3O3. The van der Waals surface area contributed by atoms with E-state index in [4.69, 9.17) is 10.8 Å². The molecule has 0 fully saturated rings. The maximum atomic E-state index is 11.4. The van der Waals surface area contributed by atoms with E-state index in [1.165, 1.54) is 12.1 Å². The zero-order chi connectivity index (χ0) is 15.1. The number of imidazole rings is 1. The third-order valence-electron chi connectivity index (χ3n) is 3.41. The van der Waals surface area contributed by atoms with Crippen LogP contribution in [0, 0.1) is 12.3 Å². The molecular weight excluding hydrogens is 258 g/mol. The van der Waals surface area contributed by atoms with Crippen LogP contribution in [0.1, 0.15) is 30.0 Å². The summed E-state index contributed by atoms with van der Waals surface area (Å²) < 4.78 is 1.88. The van der Waals surface area contributed by atoms with Gasteiger partial charge in [-0.15, -0.1) is 0 Å². The molecule has 0 radical (unpaired) electrons. The van der Waals surface area contributed by atoms with Crippen molar-refractivity contribution in [3.8, 4) is 0 Å². The van der Waals surface area contributed by atoms with Crippen LogP contribution < -0.4 is 5.73 Å². The second-order valence-corrected chi connectivity index (χ2v) is 5.50. The van der Waals surface area contributed by atoms with Gasteiger partial charge in [0.1, 0.15) is 5.82 Å². The highest BCUT2D eigenvalue weighted by Crippen LogP contribution is 2.24. The topological polar surface area (TPSA) is 98.2 Å². The van der Waals surface area contributed by atoms with Crippen LogP contribution in [0.4, 0.5) is 0 Å². The predicted octanol–water partition coefficient (Wildman–Crippen LogP) is 1.55. The Labute approximate surface area is 116 Å². The molecule has 0 saturated carbocycles. The zero-order valence-electron chi connectivity index (χ0n) is 11.7. The number of benzene rings is 1. The standard InChI is InChI=1S/C14H17N3O3/c1-8-16-10-6-9(12(18)19)4-5-11(10)17(8)7-14(2,3)13(15)20/h4-6H,7H2,1-3H3,(H2,15,20)(H,18,19). The average Bonchev–Trinajstić information content (AvgIpc) is 2.64. The number of fused-ring (bicyclic) bond motifs is 1. The van der Waals surface area contributed by atoms with Crippen molar-refractivity contribution in [3.05, 3.63) is 29.6 Å². The van der Waals surface area contributed by atoms with Crippen LogP contribution in [0.25, 0.3) is 11.0 Å². The van der Waals surface area contributed by atoms with Crippen molar-refractivity contribution in [3.63, 3.8) is 0 Å². The molecule has 2 aromatic rings. The van der Waals surface area contributed by atoms with Crippen molar-refractivity contribution in [2.24, 2.45) is 11.1 Å². The third-order valence-corrected chi connectivity index (χ3v) is 3.41. The molecule has 20 heavy (non-hydrogen) atoms. The Balaban J connectivity index is 2.52. The second kappa shape index (κ2) is 4.63. The van der Waals surface area contributed by atoms with Gasteiger partial charge in [0.15, 0.2) is 0 Å². The van der Waals surface area contributed by atoms with Gasteiger partial charge in [-0.25, -0.2) is 9.78 Å². The lowest BCUT2D eigenvalue weighted by Crippen LogP contribution is -2.35. The number of hydrogen-bond acceptors (Lipinski definition) is 3. The summed E-state index contributed by atoms with van der Waals surface area (Å²) >= 11 is 0. The molecule has 2 rings (SSSR count). The number of amides is 1. The first kappa shape index (κ1) is 14.0. The lowest BCUT2D eigenvalue weighted by atomic mass is 9.92. The normalized spacial score (nSPS) is 11.8. The summed E-state index contributed by atoms with van der Waals surface area (Å²) in [5.74, 6) is -0.658. The largest absolute Gasteiger partial charge is 0.478 e. The molecule has 3 N–H and O–H groups in total. The van der Waals surface area contributed by atoms with Gasteiger partial charge in [-0.05, 0) is 39.0 Å². The van der Waals surface area contributed by atoms with Crippen LogP contribution in [0.15, 0.2) is 18.2 Å². The maximum Gasteiger partial charge on any atom is 0.335 e. The number of nitrogens with two attached hydrogens (primary N) is 1. The summed E-state index contributed by atoms with van der Waals surface area (Å²) in [7, 11) is 0. The SMILES string of the molecule is Cc1nc2cc(C(=O)O)ccc2n1CC(C)(C)C(N)=O. The lowest BCUT2D eigenvalue weighted by molar-refractivity contribution is -0.126. The first-order valence-corrected chi connectivity index (χ1v) is 6.22. The Bertz CT molecular complexity index is 701. The van der Waals surface area contributed by atoms with Gasteiger partial charge in [0.25, 0.3) is 0 Å². The van der Waals surface area contributed by atoms with Gasteiger partial charge in [0.05, 0.1) is 22.0 Å². The Morgan fingerprint density at radius 3 is 2.60 bits per heavy atom. The monoisotopic (exact) mass is 275 g/mol. The molecule has 0 spiro atoms. The van der Waals surface area contributed by atoms with E-state index in [0.29, 0.717) is 12.1 Å². The molecule has 0 unspecified atom stereocenters. The highest BCUT2D eigenvalue weighted by Gasteiger charge is 2.27. The summed E-state index contributed by atoms with van der Waals surface area (Å²) in [5, 5.41) is 8.98.